The van der Waals surface area contributed by atoms with Crippen LogP contribution in [-0.4, -0.2) is 57.3 Å². The third kappa shape index (κ3) is 32.4. The molecule has 0 aromatic carbocycles. The predicted octanol–water partition coefficient (Wildman–Crippen LogP) is 10.8. The lowest BCUT2D eigenvalue weighted by Gasteiger charge is -2.27. The Bertz CT molecular complexity index is 742. The zero-order chi connectivity index (χ0) is 36.0. The second-order valence-electron chi connectivity index (χ2n) is 14.7. The van der Waals surface area contributed by atoms with E-state index in [0.29, 0.717) is 12.8 Å². The minimum absolute atomic E-state index is 0.364. The first-order chi connectivity index (χ1) is 24.0. The summed E-state index contributed by atoms with van der Waals surface area (Å²) < 4.78 is 0. The highest BCUT2D eigenvalue weighted by atomic mass is 16.3. The summed E-state index contributed by atoms with van der Waals surface area (Å²) in [5.74, 6) is -0.588. The van der Waals surface area contributed by atoms with E-state index in [0.717, 1.165) is 44.9 Å². The molecule has 0 aliphatic heterocycles. The van der Waals surface area contributed by atoms with Gasteiger partial charge in [-0.15, -0.1) is 0 Å². The molecular weight excluding hydrogens is 610 g/mol. The molecule has 0 aliphatic rings. The van der Waals surface area contributed by atoms with Crippen LogP contribution >= 0.6 is 0 Å². The standard InChI is InChI=1S/C43H83NO5/c1-3-5-7-9-11-13-15-17-19-20-21-23-25-27-29-31-33-35-37-41(47)43(49)44-39(38-45)42(48)40(46)36-34-32-30-28-26-24-22-18-16-14-12-10-8-6-4-2/h11,13,15,17,39-42,45-48H,3-10,12,14,16,18-38H2,1-2H3,(H,44,49)/b13-11-,17-15-. The van der Waals surface area contributed by atoms with Crippen LogP contribution in [0.5, 0.6) is 0 Å². The van der Waals surface area contributed by atoms with Crippen molar-refractivity contribution in [3.63, 3.8) is 0 Å². The number of aliphatic hydroxyl groups is 4. The highest BCUT2D eigenvalue weighted by molar-refractivity contribution is 5.80. The number of aliphatic hydroxyl groups excluding tert-OH is 4. The van der Waals surface area contributed by atoms with Crippen molar-refractivity contribution < 1.29 is 25.2 Å². The highest BCUT2D eigenvalue weighted by Gasteiger charge is 2.28. The molecule has 0 rings (SSSR count). The van der Waals surface area contributed by atoms with Crippen LogP contribution < -0.4 is 5.32 Å². The summed E-state index contributed by atoms with van der Waals surface area (Å²) in [6.45, 7) is 4.02. The highest BCUT2D eigenvalue weighted by Crippen LogP contribution is 2.16. The van der Waals surface area contributed by atoms with Crippen LogP contribution in [0.3, 0.4) is 0 Å². The number of allylic oxidation sites excluding steroid dienone is 4. The van der Waals surface area contributed by atoms with E-state index < -0.39 is 36.9 Å². The summed E-state index contributed by atoms with van der Waals surface area (Å²) in [4.78, 5) is 12.5. The summed E-state index contributed by atoms with van der Waals surface area (Å²) in [7, 11) is 0. The van der Waals surface area contributed by atoms with Gasteiger partial charge in [0.2, 0.25) is 5.91 Å². The van der Waals surface area contributed by atoms with Crippen LogP contribution in [0.1, 0.15) is 213 Å². The van der Waals surface area contributed by atoms with Gasteiger partial charge < -0.3 is 25.7 Å². The lowest BCUT2D eigenvalue weighted by atomic mass is 9.99. The molecule has 0 aromatic heterocycles. The SMILES string of the molecule is CCCCC/C=C\C=C/CCCCCCCCCCCC(O)C(=O)NC(CO)C(O)C(O)CCCCCCCCCCCCCCCCC. The molecule has 6 nitrogen and oxygen atoms in total. The molecule has 0 bridgehead atoms. The first-order valence-corrected chi connectivity index (χ1v) is 21.2. The van der Waals surface area contributed by atoms with E-state index in [1.165, 1.54) is 141 Å². The van der Waals surface area contributed by atoms with Crippen molar-refractivity contribution in [3.05, 3.63) is 24.3 Å². The first kappa shape index (κ1) is 47.8. The normalized spacial score (nSPS) is 14.5. The van der Waals surface area contributed by atoms with Gasteiger partial charge in [0.1, 0.15) is 12.2 Å². The monoisotopic (exact) mass is 694 g/mol. The molecule has 0 radical (unpaired) electrons. The van der Waals surface area contributed by atoms with Crippen molar-refractivity contribution in [1.82, 2.24) is 5.32 Å². The lowest BCUT2D eigenvalue weighted by molar-refractivity contribution is -0.132. The fraction of sp³-hybridized carbons (Fsp3) is 0.884. The maximum absolute atomic E-state index is 12.5. The maximum Gasteiger partial charge on any atom is 0.249 e. The number of unbranched alkanes of at least 4 members (excludes halogenated alkanes) is 26. The van der Waals surface area contributed by atoms with Crippen LogP contribution in [0.4, 0.5) is 0 Å². The second-order valence-corrected chi connectivity index (χ2v) is 14.7. The molecular formula is C43H83NO5. The molecule has 0 saturated carbocycles. The second kappa shape index (κ2) is 38.0. The van der Waals surface area contributed by atoms with E-state index in [4.69, 9.17) is 0 Å². The summed E-state index contributed by atoms with van der Waals surface area (Å²) in [5, 5.41) is 43.6. The Balaban J connectivity index is 3.76. The molecule has 4 atom stereocenters. The van der Waals surface area contributed by atoms with Gasteiger partial charge in [-0.3, -0.25) is 4.79 Å². The molecule has 1 amide bonds. The van der Waals surface area contributed by atoms with E-state index in [-0.39, 0.29) is 0 Å². The molecule has 290 valence electrons. The Hall–Kier alpha value is -1.21. The van der Waals surface area contributed by atoms with Crippen LogP contribution in [0.15, 0.2) is 24.3 Å². The summed E-state index contributed by atoms with van der Waals surface area (Å²) in [5.41, 5.74) is 0. The van der Waals surface area contributed by atoms with Crippen LogP contribution in [0.2, 0.25) is 0 Å². The number of carbonyl (C=O) groups excluding carboxylic acids is 1. The number of rotatable bonds is 38. The van der Waals surface area contributed by atoms with E-state index in [1.54, 1.807) is 0 Å². The summed E-state index contributed by atoms with van der Waals surface area (Å²) in [6.07, 6.45) is 41.9. The van der Waals surface area contributed by atoms with Gasteiger partial charge in [0.05, 0.1) is 18.8 Å². The average Bonchev–Trinajstić information content (AvgIpc) is 3.11. The molecule has 0 heterocycles. The van der Waals surface area contributed by atoms with Crippen molar-refractivity contribution >= 4 is 5.91 Å². The molecule has 4 unspecified atom stereocenters. The number of nitrogens with one attached hydrogen (secondary N) is 1. The Kier molecular flexibility index (Phi) is 37.1. The largest absolute Gasteiger partial charge is 0.394 e. The smallest absolute Gasteiger partial charge is 0.249 e. The van der Waals surface area contributed by atoms with Crippen LogP contribution in [0.25, 0.3) is 0 Å². The average molecular weight is 694 g/mol. The molecule has 0 saturated heterocycles. The number of hydrogen-bond donors (Lipinski definition) is 5. The van der Waals surface area contributed by atoms with Gasteiger partial charge in [0.25, 0.3) is 0 Å². The Morgan fingerprint density at radius 3 is 1.29 bits per heavy atom. The van der Waals surface area contributed by atoms with Gasteiger partial charge >= 0.3 is 0 Å². The molecule has 5 N–H and O–H groups in total. The van der Waals surface area contributed by atoms with Gasteiger partial charge in [-0.2, -0.15) is 0 Å². The first-order valence-electron chi connectivity index (χ1n) is 21.2. The quantitative estimate of drug-likeness (QED) is 0.0327. The van der Waals surface area contributed by atoms with Gasteiger partial charge in [-0.1, -0.05) is 199 Å². The minimum Gasteiger partial charge on any atom is -0.394 e. The fourth-order valence-corrected chi connectivity index (χ4v) is 6.51. The number of amides is 1. The van der Waals surface area contributed by atoms with Gasteiger partial charge in [-0.25, -0.2) is 0 Å². The minimum atomic E-state index is -1.26. The number of hydrogen-bond acceptors (Lipinski definition) is 5. The third-order valence-corrected chi connectivity index (χ3v) is 9.94. The Morgan fingerprint density at radius 1 is 0.510 bits per heavy atom. The van der Waals surface area contributed by atoms with Crippen molar-refractivity contribution in [3.8, 4) is 0 Å². The predicted molar refractivity (Wildman–Crippen MR) is 210 cm³/mol. The van der Waals surface area contributed by atoms with Crippen LogP contribution in [-0.2, 0) is 4.79 Å². The van der Waals surface area contributed by atoms with E-state index in [9.17, 15) is 25.2 Å². The van der Waals surface area contributed by atoms with Gasteiger partial charge in [-0.05, 0) is 38.5 Å². The third-order valence-electron chi connectivity index (χ3n) is 9.94. The fourth-order valence-electron chi connectivity index (χ4n) is 6.51. The molecule has 0 aliphatic carbocycles. The van der Waals surface area contributed by atoms with Crippen LogP contribution in [0, 0.1) is 0 Å². The van der Waals surface area contributed by atoms with E-state index in [1.807, 2.05) is 0 Å². The zero-order valence-corrected chi connectivity index (χ0v) is 32.4. The van der Waals surface area contributed by atoms with Crippen molar-refractivity contribution in [1.29, 1.82) is 0 Å². The zero-order valence-electron chi connectivity index (χ0n) is 32.4. The van der Waals surface area contributed by atoms with Gasteiger partial charge in [0, 0.05) is 0 Å². The topological polar surface area (TPSA) is 110 Å². The molecule has 0 aromatic rings. The van der Waals surface area contributed by atoms with Crippen molar-refractivity contribution in [2.45, 2.75) is 237 Å². The molecule has 49 heavy (non-hydrogen) atoms. The summed E-state index contributed by atoms with van der Waals surface area (Å²) >= 11 is 0. The van der Waals surface area contributed by atoms with Crippen molar-refractivity contribution in [2.24, 2.45) is 0 Å². The van der Waals surface area contributed by atoms with Crippen molar-refractivity contribution in [2.75, 3.05) is 6.61 Å². The molecule has 0 fully saturated rings. The van der Waals surface area contributed by atoms with E-state index >= 15 is 0 Å². The molecule has 0 spiro atoms. The molecule has 6 heteroatoms. The van der Waals surface area contributed by atoms with E-state index in [2.05, 4.69) is 43.5 Å². The maximum atomic E-state index is 12.5. The summed E-state index contributed by atoms with van der Waals surface area (Å²) in [6, 6.07) is -0.985. The number of carbonyl (C=O) groups is 1. The lowest BCUT2D eigenvalue weighted by Crippen LogP contribution is -2.53. The Morgan fingerprint density at radius 2 is 0.857 bits per heavy atom. The van der Waals surface area contributed by atoms with Gasteiger partial charge in [0.15, 0.2) is 0 Å². The Labute approximate surface area is 304 Å².